The first-order chi connectivity index (χ1) is 11.7. The Morgan fingerprint density at radius 3 is 2.88 bits per heavy atom. The number of piperidine rings is 1. The van der Waals surface area contributed by atoms with E-state index < -0.39 is 6.04 Å². The van der Waals surface area contributed by atoms with Crippen molar-refractivity contribution < 1.29 is 19.1 Å². The minimum Gasteiger partial charge on any atom is -0.459 e. The number of amides is 2. The minimum atomic E-state index is -0.519. The lowest BCUT2D eigenvalue weighted by Crippen LogP contribution is -2.49. The van der Waals surface area contributed by atoms with E-state index in [1.165, 1.54) is 6.26 Å². The predicted molar refractivity (Wildman–Crippen MR) is 88.4 cm³/mol. The molecule has 1 atom stereocenters. The van der Waals surface area contributed by atoms with Crippen LogP contribution in [0.1, 0.15) is 35.4 Å². The van der Waals surface area contributed by atoms with Gasteiger partial charge in [0, 0.05) is 12.2 Å². The molecule has 2 aromatic rings. The van der Waals surface area contributed by atoms with Crippen LogP contribution in [0.3, 0.4) is 0 Å². The Labute approximate surface area is 140 Å². The predicted octanol–water partition coefficient (Wildman–Crippen LogP) is 2.41. The lowest BCUT2D eigenvalue weighted by Gasteiger charge is -2.34. The van der Waals surface area contributed by atoms with Crippen LogP contribution in [0.25, 0.3) is 0 Å². The fourth-order valence-electron chi connectivity index (χ4n) is 2.96. The van der Waals surface area contributed by atoms with Crippen LogP contribution in [0.15, 0.2) is 47.1 Å². The number of nitrogens with one attached hydrogen (secondary N) is 1. The van der Waals surface area contributed by atoms with E-state index >= 15 is 0 Å². The molecule has 0 radical (unpaired) electrons. The van der Waals surface area contributed by atoms with Gasteiger partial charge in [0.25, 0.3) is 5.91 Å². The maximum atomic E-state index is 12.7. The lowest BCUT2D eigenvalue weighted by atomic mass is 10.0. The molecule has 1 aliphatic rings. The highest BCUT2D eigenvalue weighted by molar-refractivity contribution is 6.00. The van der Waals surface area contributed by atoms with Crippen molar-refractivity contribution in [1.29, 1.82) is 0 Å². The van der Waals surface area contributed by atoms with Crippen molar-refractivity contribution in [2.75, 3.05) is 11.9 Å². The fraction of sp³-hybridized carbons (Fsp3) is 0.333. The third kappa shape index (κ3) is 3.49. The third-order valence-corrected chi connectivity index (χ3v) is 4.18. The second-order valence-corrected chi connectivity index (χ2v) is 5.84. The average Bonchev–Trinajstić information content (AvgIpc) is 3.16. The number of anilines is 1. The van der Waals surface area contributed by atoms with Crippen LogP contribution >= 0.6 is 0 Å². The van der Waals surface area contributed by atoms with Gasteiger partial charge in [-0.1, -0.05) is 12.1 Å². The highest BCUT2D eigenvalue weighted by Gasteiger charge is 2.33. The zero-order valence-corrected chi connectivity index (χ0v) is 13.3. The quantitative estimate of drug-likeness (QED) is 0.903. The van der Waals surface area contributed by atoms with Crippen molar-refractivity contribution in [2.24, 2.45) is 0 Å². The monoisotopic (exact) mass is 328 g/mol. The Hall–Kier alpha value is -2.60. The van der Waals surface area contributed by atoms with E-state index in [-0.39, 0.29) is 24.2 Å². The SMILES string of the molecule is O=C(Nc1cccc(CO)c1)C1CCCCN1C(=O)c1ccco1. The summed E-state index contributed by atoms with van der Waals surface area (Å²) < 4.78 is 5.17. The number of hydrogen-bond donors (Lipinski definition) is 2. The number of aliphatic hydroxyl groups excluding tert-OH is 1. The maximum absolute atomic E-state index is 12.7. The van der Waals surface area contributed by atoms with E-state index in [1.807, 2.05) is 0 Å². The van der Waals surface area contributed by atoms with Crippen LogP contribution in [0.2, 0.25) is 0 Å². The summed E-state index contributed by atoms with van der Waals surface area (Å²) in [6, 6.07) is 9.78. The first-order valence-corrected chi connectivity index (χ1v) is 8.04. The Morgan fingerprint density at radius 2 is 2.12 bits per heavy atom. The van der Waals surface area contributed by atoms with E-state index in [2.05, 4.69) is 5.32 Å². The van der Waals surface area contributed by atoms with Gasteiger partial charge >= 0.3 is 0 Å². The van der Waals surface area contributed by atoms with Crippen molar-refractivity contribution in [2.45, 2.75) is 31.9 Å². The first kappa shape index (κ1) is 16.3. The molecule has 1 aliphatic heterocycles. The van der Waals surface area contributed by atoms with Crippen molar-refractivity contribution in [3.63, 3.8) is 0 Å². The molecule has 2 N–H and O–H groups in total. The smallest absolute Gasteiger partial charge is 0.290 e. The van der Waals surface area contributed by atoms with E-state index in [4.69, 9.17) is 4.42 Å². The van der Waals surface area contributed by atoms with Crippen LogP contribution in [-0.2, 0) is 11.4 Å². The number of benzene rings is 1. The second-order valence-electron chi connectivity index (χ2n) is 5.84. The number of likely N-dealkylation sites (tertiary alicyclic amines) is 1. The van der Waals surface area contributed by atoms with E-state index in [1.54, 1.807) is 41.3 Å². The summed E-state index contributed by atoms with van der Waals surface area (Å²) in [4.78, 5) is 26.8. The van der Waals surface area contributed by atoms with Crippen LogP contribution in [0, 0.1) is 0 Å². The largest absolute Gasteiger partial charge is 0.459 e. The van der Waals surface area contributed by atoms with Gasteiger partial charge in [-0.25, -0.2) is 0 Å². The average molecular weight is 328 g/mol. The summed E-state index contributed by atoms with van der Waals surface area (Å²) in [6.07, 6.45) is 3.84. The van der Waals surface area contributed by atoms with Crippen molar-refractivity contribution in [3.8, 4) is 0 Å². The molecule has 1 unspecified atom stereocenters. The van der Waals surface area contributed by atoms with E-state index in [0.29, 0.717) is 18.7 Å². The normalized spacial score (nSPS) is 17.5. The van der Waals surface area contributed by atoms with E-state index in [9.17, 15) is 14.7 Å². The molecular weight excluding hydrogens is 308 g/mol. The highest BCUT2D eigenvalue weighted by Crippen LogP contribution is 2.22. The van der Waals surface area contributed by atoms with Gasteiger partial charge in [-0.05, 0) is 49.1 Å². The number of aliphatic hydroxyl groups is 1. The summed E-state index contributed by atoms with van der Waals surface area (Å²) in [6.45, 7) is 0.449. The van der Waals surface area contributed by atoms with Crippen LogP contribution in [-0.4, -0.2) is 34.4 Å². The first-order valence-electron chi connectivity index (χ1n) is 8.04. The zero-order chi connectivity index (χ0) is 16.9. The molecule has 0 saturated carbocycles. The molecule has 0 bridgehead atoms. The standard InChI is InChI=1S/C18H20N2O4/c21-12-13-5-3-6-14(11-13)19-17(22)15-7-1-2-9-20(15)18(23)16-8-4-10-24-16/h3-6,8,10-11,15,21H,1-2,7,9,12H2,(H,19,22). The van der Waals surface area contributed by atoms with Gasteiger partial charge < -0.3 is 19.7 Å². The summed E-state index contributed by atoms with van der Waals surface area (Å²) in [5, 5.41) is 12.0. The van der Waals surface area contributed by atoms with Gasteiger partial charge in [-0.3, -0.25) is 9.59 Å². The van der Waals surface area contributed by atoms with Crippen molar-refractivity contribution in [3.05, 3.63) is 54.0 Å². The third-order valence-electron chi connectivity index (χ3n) is 4.18. The zero-order valence-electron chi connectivity index (χ0n) is 13.3. The Kier molecular flexibility index (Phi) is 4.96. The minimum absolute atomic E-state index is 0.0871. The number of nitrogens with zero attached hydrogens (tertiary/aromatic N) is 1. The summed E-state index contributed by atoms with van der Waals surface area (Å²) in [5.41, 5.74) is 1.34. The number of rotatable bonds is 4. The molecule has 126 valence electrons. The van der Waals surface area contributed by atoms with E-state index in [0.717, 1.165) is 18.4 Å². The Balaban J connectivity index is 1.74. The molecule has 24 heavy (non-hydrogen) atoms. The molecule has 6 heteroatoms. The van der Waals surface area contributed by atoms with Crippen LogP contribution in [0.5, 0.6) is 0 Å². The van der Waals surface area contributed by atoms with Gasteiger partial charge in [0.1, 0.15) is 6.04 Å². The molecule has 1 aromatic carbocycles. The lowest BCUT2D eigenvalue weighted by molar-refractivity contribution is -0.121. The fourth-order valence-corrected chi connectivity index (χ4v) is 2.96. The molecule has 0 aliphatic carbocycles. The summed E-state index contributed by atoms with van der Waals surface area (Å²) in [5.74, 6) is -0.231. The highest BCUT2D eigenvalue weighted by atomic mass is 16.3. The van der Waals surface area contributed by atoms with Crippen molar-refractivity contribution in [1.82, 2.24) is 4.90 Å². The second kappa shape index (κ2) is 7.31. The van der Waals surface area contributed by atoms with Gasteiger partial charge in [0.15, 0.2) is 5.76 Å². The maximum Gasteiger partial charge on any atom is 0.290 e. The van der Waals surface area contributed by atoms with Crippen LogP contribution < -0.4 is 5.32 Å². The Bertz CT molecular complexity index is 712. The summed E-state index contributed by atoms with van der Waals surface area (Å²) >= 11 is 0. The number of furan rings is 1. The molecule has 2 heterocycles. The molecule has 1 fully saturated rings. The number of carbonyl (C=O) groups excluding carboxylic acids is 2. The molecular formula is C18H20N2O4. The van der Waals surface area contributed by atoms with Gasteiger partial charge in [-0.15, -0.1) is 0 Å². The van der Waals surface area contributed by atoms with Crippen LogP contribution in [0.4, 0.5) is 5.69 Å². The van der Waals surface area contributed by atoms with Gasteiger partial charge in [0.05, 0.1) is 12.9 Å². The van der Waals surface area contributed by atoms with Crippen molar-refractivity contribution >= 4 is 17.5 Å². The van der Waals surface area contributed by atoms with Gasteiger partial charge in [0.2, 0.25) is 5.91 Å². The Morgan fingerprint density at radius 1 is 1.25 bits per heavy atom. The number of hydrogen-bond acceptors (Lipinski definition) is 4. The molecule has 1 aromatic heterocycles. The molecule has 3 rings (SSSR count). The topological polar surface area (TPSA) is 82.8 Å². The number of carbonyl (C=O) groups is 2. The summed E-state index contributed by atoms with van der Waals surface area (Å²) in [7, 11) is 0. The molecule has 6 nitrogen and oxygen atoms in total. The molecule has 1 saturated heterocycles. The molecule has 0 spiro atoms. The van der Waals surface area contributed by atoms with Gasteiger partial charge in [-0.2, -0.15) is 0 Å². The molecule has 2 amide bonds.